The van der Waals surface area contributed by atoms with Crippen LogP contribution >= 0.6 is 0 Å². The van der Waals surface area contributed by atoms with E-state index in [1.54, 1.807) is 0 Å². The summed E-state index contributed by atoms with van der Waals surface area (Å²) in [5, 5.41) is 0. The fourth-order valence-electron chi connectivity index (χ4n) is 2.31. The van der Waals surface area contributed by atoms with E-state index < -0.39 is 0 Å². The molecule has 1 aliphatic carbocycles. The van der Waals surface area contributed by atoms with Gasteiger partial charge in [0.1, 0.15) is 0 Å². The maximum atomic E-state index is 5.60. The molecule has 2 aliphatic rings. The first-order chi connectivity index (χ1) is 7.33. The average Bonchev–Trinajstić information content (AvgIpc) is 3.01. The van der Waals surface area contributed by atoms with Crippen LogP contribution in [0.4, 0.5) is 5.95 Å². The number of nitrogens with two attached hydrogens (primary N) is 1. The molecular formula is C11H16N4. The Labute approximate surface area is 89.5 Å². The quantitative estimate of drug-likeness (QED) is 0.728. The van der Waals surface area contributed by atoms with Gasteiger partial charge in [0.15, 0.2) is 0 Å². The van der Waals surface area contributed by atoms with Crippen LogP contribution in [0.3, 0.4) is 0 Å². The monoisotopic (exact) mass is 204 g/mol. The molecule has 80 valence electrons. The Hall–Kier alpha value is -1.16. The standard InChI is InChI=1S/C11H16N4/c12-11-13-7-8-3-5-15(9-1-2-9)6-4-10(8)14-11/h7,9H,1-6H2,(H2,12,13,14). The second-order valence-corrected chi connectivity index (χ2v) is 4.47. The number of nitrogen functional groups attached to an aromatic ring is 1. The number of hydrogen-bond donors (Lipinski definition) is 1. The van der Waals surface area contributed by atoms with E-state index in [9.17, 15) is 0 Å². The van der Waals surface area contributed by atoms with Crippen molar-refractivity contribution in [3.63, 3.8) is 0 Å². The van der Waals surface area contributed by atoms with Crippen molar-refractivity contribution < 1.29 is 0 Å². The van der Waals surface area contributed by atoms with Crippen LogP contribution in [0.1, 0.15) is 24.1 Å². The van der Waals surface area contributed by atoms with E-state index in [0.717, 1.165) is 37.7 Å². The summed E-state index contributed by atoms with van der Waals surface area (Å²) in [5.41, 5.74) is 8.05. The van der Waals surface area contributed by atoms with Gasteiger partial charge in [0, 0.05) is 31.7 Å². The molecule has 1 aliphatic heterocycles. The molecule has 0 aromatic carbocycles. The van der Waals surface area contributed by atoms with Gasteiger partial charge in [-0.3, -0.25) is 4.90 Å². The third kappa shape index (κ3) is 1.81. The van der Waals surface area contributed by atoms with Crippen LogP contribution in [-0.2, 0) is 12.8 Å². The fourth-order valence-corrected chi connectivity index (χ4v) is 2.31. The van der Waals surface area contributed by atoms with E-state index in [-0.39, 0.29) is 0 Å². The second-order valence-electron chi connectivity index (χ2n) is 4.47. The normalized spacial score (nSPS) is 22.1. The van der Waals surface area contributed by atoms with E-state index in [0.29, 0.717) is 5.95 Å². The molecule has 2 N–H and O–H groups in total. The highest BCUT2D eigenvalue weighted by Crippen LogP contribution is 2.28. The van der Waals surface area contributed by atoms with Crippen molar-refractivity contribution in [2.24, 2.45) is 0 Å². The first-order valence-electron chi connectivity index (χ1n) is 5.67. The molecule has 0 atom stereocenters. The zero-order valence-electron chi connectivity index (χ0n) is 8.82. The molecule has 4 heteroatoms. The third-order valence-corrected chi connectivity index (χ3v) is 3.34. The molecule has 0 amide bonds. The van der Waals surface area contributed by atoms with Crippen LogP contribution in [0, 0.1) is 0 Å². The molecule has 4 nitrogen and oxygen atoms in total. The highest BCUT2D eigenvalue weighted by molar-refractivity contribution is 5.26. The Kier molecular flexibility index (Phi) is 2.09. The summed E-state index contributed by atoms with van der Waals surface area (Å²) in [6.45, 7) is 2.29. The van der Waals surface area contributed by atoms with Gasteiger partial charge in [-0.15, -0.1) is 0 Å². The molecule has 0 unspecified atom stereocenters. The Morgan fingerprint density at radius 3 is 2.87 bits per heavy atom. The molecule has 0 spiro atoms. The average molecular weight is 204 g/mol. The topological polar surface area (TPSA) is 55.0 Å². The fraction of sp³-hybridized carbons (Fsp3) is 0.636. The van der Waals surface area contributed by atoms with Crippen LogP contribution in [0.25, 0.3) is 0 Å². The van der Waals surface area contributed by atoms with E-state index in [4.69, 9.17) is 5.73 Å². The van der Waals surface area contributed by atoms with Crippen LogP contribution < -0.4 is 5.73 Å². The summed E-state index contributed by atoms with van der Waals surface area (Å²) in [4.78, 5) is 11.0. The summed E-state index contributed by atoms with van der Waals surface area (Å²) < 4.78 is 0. The summed E-state index contributed by atoms with van der Waals surface area (Å²) in [5.74, 6) is 0.411. The van der Waals surface area contributed by atoms with Crippen LogP contribution in [0.5, 0.6) is 0 Å². The Morgan fingerprint density at radius 2 is 2.07 bits per heavy atom. The second kappa shape index (κ2) is 3.45. The number of aromatic nitrogens is 2. The van der Waals surface area contributed by atoms with Gasteiger partial charge >= 0.3 is 0 Å². The largest absolute Gasteiger partial charge is 0.368 e. The minimum absolute atomic E-state index is 0.411. The van der Waals surface area contributed by atoms with Crippen LogP contribution in [0.2, 0.25) is 0 Å². The third-order valence-electron chi connectivity index (χ3n) is 3.34. The van der Waals surface area contributed by atoms with Gasteiger partial charge in [-0.2, -0.15) is 0 Å². The predicted molar refractivity (Wildman–Crippen MR) is 58.4 cm³/mol. The molecule has 2 heterocycles. The van der Waals surface area contributed by atoms with Crippen molar-refractivity contribution in [3.8, 4) is 0 Å². The molecule has 1 aromatic rings. The molecule has 3 rings (SSSR count). The molecule has 15 heavy (non-hydrogen) atoms. The van der Waals surface area contributed by atoms with E-state index in [2.05, 4.69) is 14.9 Å². The van der Waals surface area contributed by atoms with Gasteiger partial charge in [-0.05, 0) is 24.8 Å². The smallest absolute Gasteiger partial charge is 0.220 e. The van der Waals surface area contributed by atoms with Crippen molar-refractivity contribution in [1.29, 1.82) is 0 Å². The number of anilines is 1. The van der Waals surface area contributed by atoms with E-state index >= 15 is 0 Å². The molecular weight excluding hydrogens is 188 g/mol. The zero-order valence-corrected chi connectivity index (χ0v) is 8.82. The lowest BCUT2D eigenvalue weighted by atomic mass is 10.1. The van der Waals surface area contributed by atoms with Gasteiger partial charge in [-0.1, -0.05) is 0 Å². The number of nitrogens with zero attached hydrogens (tertiary/aromatic N) is 3. The molecule has 0 radical (unpaired) electrons. The SMILES string of the molecule is Nc1ncc2c(n1)CCN(C1CC1)CC2. The molecule has 0 bridgehead atoms. The maximum Gasteiger partial charge on any atom is 0.220 e. The molecule has 1 aromatic heterocycles. The highest BCUT2D eigenvalue weighted by atomic mass is 15.2. The zero-order chi connectivity index (χ0) is 10.3. The molecule has 1 saturated carbocycles. The van der Waals surface area contributed by atoms with Gasteiger partial charge in [0.25, 0.3) is 0 Å². The minimum atomic E-state index is 0.411. The van der Waals surface area contributed by atoms with Crippen molar-refractivity contribution in [1.82, 2.24) is 14.9 Å². The Morgan fingerprint density at radius 1 is 1.27 bits per heavy atom. The lowest BCUT2D eigenvalue weighted by Crippen LogP contribution is -2.28. The van der Waals surface area contributed by atoms with Crippen LogP contribution in [-0.4, -0.2) is 34.0 Å². The van der Waals surface area contributed by atoms with Crippen molar-refractivity contribution in [2.75, 3.05) is 18.8 Å². The van der Waals surface area contributed by atoms with E-state index in [1.165, 1.54) is 18.4 Å². The first kappa shape index (κ1) is 9.09. The lowest BCUT2D eigenvalue weighted by molar-refractivity contribution is 0.277. The van der Waals surface area contributed by atoms with Crippen molar-refractivity contribution in [2.45, 2.75) is 31.7 Å². The lowest BCUT2D eigenvalue weighted by Gasteiger charge is -2.18. The summed E-state index contributed by atoms with van der Waals surface area (Å²) in [7, 11) is 0. The summed E-state index contributed by atoms with van der Waals surface area (Å²) in [6, 6.07) is 0.851. The van der Waals surface area contributed by atoms with Crippen molar-refractivity contribution >= 4 is 5.95 Å². The van der Waals surface area contributed by atoms with Gasteiger partial charge in [0.05, 0.1) is 5.69 Å². The summed E-state index contributed by atoms with van der Waals surface area (Å²) >= 11 is 0. The number of hydrogen-bond acceptors (Lipinski definition) is 4. The minimum Gasteiger partial charge on any atom is -0.368 e. The number of fused-ring (bicyclic) bond motifs is 1. The van der Waals surface area contributed by atoms with Gasteiger partial charge in [0.2, 0.25) is 5.95 Å². The predicted octanol–water partition coefficient (Wildman–Crippen LogP) is 0.622. The Bertz CT molecular complexity index is 373. The van der Waals surface area contributed by atoms with Crippen molar-refractivity contribution in [3.05, 3.63) is 17.5 Å². The number of rotatable bonds is 1. The van der Waals surface area contributed by atoms with Crippen LogP contribution in [0.15, 0.2) is 6.20 Å². The molecule has 0 saturated heterocycles. The van der Waals surface area contributed by atoms with Gasteiger partial charge < -0.3 is 5.73 Å². The Balaban J connectivity index is 1.81. The summed E-state index contributed by atoms with van der Waals surface area (Å²) in [6.07, 6.45) is 6.76. The molecule has 1 fully saturated rings. The first-order valence-corrected chi connectivity index (χ1v) is 5.67. The van der Waals surface area contributed by atoms with Gasteiger partial charge in [-0.25, -0.2) is 9.97 Å². The maximum absolute atomic E-state index is 5.60. The highest BCUT2D eigenvalue weighted by Gasteiger charge is 2.29. The van der Waals surface area contributed by atoms with E-state index in [1.807, 2.05) is 6.20 Å².